The number of rotatable bonds is 6. The SMILES string of the molecule is C[C@H](CCCC(C)(C)O)C1CC[C@@]2(C)C3CC=C4C(CC[C@H](N=O)C4(C)C)[C@]3(C)[C@H](O)C[C@]12C. The van der Waals surface area contributed by atoms with Gasteiger partial charge in [0.1, 0.15) is 6.04 Å². The molecule has 0 saturated heterocycles. The van der Waals surface area contributed by atoms with Crippen LogP contribution < -0.4 is 0 Å². The van der Waals surface area contributed by atoms with Crippen LogP contribution in [-0.4, -0.2) is 28.0 Å². The van der Waals surface area contributed by atoms with Crippen molar-refractivity contribution in [1.29, 1.82) is 0 Å². The van der Waals surface area contributed by atoms with Gasteiger partial charge < -0.3 is 10.2 Å². The average molecular weight is 474 g/mol. The smallest absolute Gasteiger partial charge is 0.101 e. The maximum Gasteiger partial charge on any atom is 0.101 e. The topological polar surface area (TPSA) is 69.9 Å². The standard InChI is InChI=1S/C30H51NO3/c1-19(10-9-16-26(2,3)33)20-15-17-28(6)23-13-11-21-22(12-14-24(31-34)27(21,4)5)30(23,8)25(32)18-29(20,28)7/h11,19-20,22-25,32-33H,9-10,12-18H2,1-8H3/t19-,20?,22?,23?,24+,25-,28+,29-,30+/m1/s1. The zero-order valence-electron chi connectivity index (χ0n) is 23.2. The predicted octanol–water partition coefficient (Wildman–Crippen LogP) is 7.27. The Kier molecular flexibility index (Phi) is 6.50. The van der Waals surface area contributed by atoms with E-state index in [0.717, 1.165) is 44.9 Å². The van der Waals surface area contributed by atoms with Gasteiger partial charge in [-0.15, -0.1) is 0 Å². The normalized spacial score (nSPS) is 46.6. The highest BCUT2D eigenvalue weighted by atomic mass is 16.3. The Bertz CT molecular complexity index is 827. The maximum atomic E-state index is 12.0. The van der Waals surface area contributed by atoms with E-state index in [0.29, 0.717) is 23.7 Å². The van der Waals surface area contributed by atoms with Crippen molar-refractivity contribution in [2.24, 2.45) is 50.5 Å². The third kappa shape index (κ3) is 3.67. The van der Waals surface area contributed by atoms with E-state index >= 15 is 0 Å². The Balaban J connectivity index is 1.64. The molecule has 0 aromatic rings. The first-order chi connectivity index (χ1) is 15.6. The summed E-state index contributed by atoms with van der Waals surface area (Å²) in [7, 11) is 0. The van der Waals surface area contributed by atoms with Crippen molar-refractivity contribution >= 4 is 0 Å². The van der Waals surface area contributed by atoms with Crippen molar-refractivity contribution < 1.29 is 10.2 Å². The fraction of sp³-hybridized carbons (Fsp3) is 0.933. The molecule has 0 amide bonds. The van der Waals surface area contributed by atoms with Crippen LogP contribution in [0.3, 0.4) is 0 Å². The van der Waals surface area contributed by atoms with Gasteiger partial charge >= 0.3 is 0 Å². The summed E-state index contributed by atoms with van der Waals surface area (Å²) >= 11 is 0. The first kappa shape index (κ1) is 26.3. The Morgan fingerprint density at radius 3 is 2.41 bits per heavy atom. The number of allylic oxidation sites excluding steroid dienone is 1. The van der Waals surface area contributed by atoms with E-state index in [4.69, 9.17) is 0 Å². The van der Waals surface area contributed by atoms with Crippen LogP contribution in [0.1, 0.15) is 113 Å². The molecule has 0 spiro atoms. The zero-order valence-corrected chi connectivity index (χ0v) is 23.2. The van der Waals surface area contributed by atoms with Gasteiger partial charge in [0.2, 0.25) is 0 Å². The molecule has 34 heavy (non-hydrogen) atoms. The summed E-state index contributed by atoms with van der Waals surface area (Å²) in [6, 6.07) is -0.155. The van der Waals surface area contributed by atoms with Gasteiger partial charge in [0, 0.05) is 10.8 Å². The number of nitroso groups, excluding NO2 is 1. The van der Waals surface area contributed by atoms with E-state index in [1.165, 1.54) is 18.4 Å². The van der Waals surface area contributed by atoms with E-state index in [9.17, 15) is 15.1 Å². The van der Waals surface area contributed by atoms with Crippen molar-refractivity contribution in [3.63, 3.8) is 0 Å². The van der Waals surface area contributed by atoms with Crippen LogP contribution >= 0.6 is 0 Å². The molecule has 0 bridgehead atoms. The molecule has 4 nitrogen and oxygen atoms in total. The summed E-state index contributed by atoms with van der Waals surface area (Å²) in [5.41, 5.74) is 0.794. The van der Waals surface area contributed by atoms with Crippen LogP contribution in [0, 0.1) is 50.2 Å². The molecule has 3 saturated carbocycles. The lowest BCUT2D eigenvalue weighted by Gasteiger charge is -2.67. The van der Waals surface area contributed by atoms with Gasteiger partial charge in [-0.3, -0.25) is 0 Å². The maximum absolute atomic E-state index is 12.0. The van der Waals surface area contributed by atoms with E-state index in [-0.39, 0.29) is 33.8 Å². The van der Waals surface area contributed by atoms with Gasteiger partial charge in [-0.05, 0) is 93.3 Å². The minimum Gasteiger partial charge on any atom is -0.393 e. The van der Waals surface area contributed by atoms with Crippen molar-refractivity contribution in [3.8, 4) is 0 Å². The summed E-state index contributed by atoms with van der Waals surface area (Å²) in [4.78, 5) is 11.6. The first-order valence-corrected chi connectivity index (χ1v) is 14.1. The third-order valence-electron chi connectivity index (χ3n) is 12.2. The number of fused-ring (bicyclic) bond motifs is 5. The van der Waals surface area contributed by atoms with Gasteiger partial charge in [0.05, 0.1) is 11.7 Å². The Morgan fingerprint density at radius 1 is 1.12 bits per heavy atom. The molecule has 194 valence electrons. The van der Waals surface area contributed by atoms with Gasteiger partial charge in [-0.1, -0.05) is 71.2 Å². The van der Waals surface area contributed by atoms with Gasteiger partial charge in [0.15, 0.2) is 0 Å². The predicted molar refractivity (Wildman–Crippen MR) is 139 cm³/mol. The molecule has 3 fully saturated rings. The molecule has 4 rings (SSSR count). The zero-order chi connectivity index (χ0) is 25.3. The van der Waals surface area contributed by atoms with Crippen LogP contribution in [0.4, 0.5) is 0 Å². The van der Waals surface area contributed by atoms with Crippen LogP contribution in [-0.2, 0) is 0 Å². The molecule has 9 atom stereocenters. The molecule has 0 aromatic carbocycles. The quantitative estimate of drug-likeness (QED) is 0.315. The minimum absolute atomic E-state index is 0.132. The number of hydrogen-bond acceptors (Lipinski definition) is 4. The Morgan fingerprint density at radius 2 is 1.79 bits per heavy atom. The molecule has 0 radical (unpaired) electrons. The van der Waals surface area contributed by atoms with Gasteiger partial charge in [0.25, 0.3) is 0 Å². The average Bonchev–Trinajstić information content (AvgIpc) is 2.98. The number of hydrogen-bond donors (Lipinski definition) is 2. The third-order valence-corrected chi connectivity index (χ3v) is 12.2. The van der Waals surface area contributed by atoms with E-state index in [1.807, 2.05) is 13.8 Å². The molecule has 2 N–H and O–H groups in total. The summed E-state index contributed by atoms with van der Waals surface area (Å²) in [6.07, 6.45) is 11.4. The first-order valence-electron chi connectivity index (χ1n) is 14.1. The number of aliphatic hydroxyl groups excluding tert-OH is 1. The monoisotopic (exact) mass is 473 g/mol. The Hall–Kier alpha value is -0.740. The highest BCUT2D eigenvalue weighted by Gasteiger charge is 2.70. The molecule has 4 aliphatic rings. The van der Waals surface area contributed by atoms with Crippen molar-refractivity contribution in [2.75, 3.05) is 0 Å². The molecular formula is C30H51NO3. The molecule has 0 aliphatic heterocycles. The molecule has 4 aliphatic carbocycles. The van der Waals surface area contributed by atoms with Crippen LogP contribution in [0.15, 0.2) is 16.8 Å². The second-order valence-corrected chi connectivity index (χ2v) is 14.7. The van der Waals surface area contributed by atoms with Gasteiger partial charge in [-0.25, -0.2) is 0 Å². The molecule has 4 heteroatoms. The minimum atomic E-state index is -0.588. The summed E-state index contributed by atoms with van der Waals surface area (Å²) < 4.78 is 0. The molecule has 0 heterocycles. The van der Waals surface area contributed by atoms with Crippen molar-refractivity contribution in [2.45, 2.75) is 131 Å². The van der Waals surface area contributed by atoms with Crippen molar-refractivity contribution in [1.82, 2.24) is 0 Å². The second kappa shape index (κ2) is 8.40. The highest BCUT2D eigenvalue weighted by Crippen LogP contribution is 2.75. The highest BCUT2D eigenvalue weighted by molar-refractivity contribution is 5.32. The van der Waals surface area contributed by atoms with Crippen LogP contribution in [0.25, 0.3) is 0 Å². The fourth-order valence-corrected chi connectivity index (χ4v) is 9.90. The largest absolute Gasteiger partial charge is 0.393 e. The van der Waals surface area contributed by atoms with Gasteiger partial charge in [-0.2, -0.15) is 4.91 Å². The molecule has 3 unspecified atom stereocenters. The molecule has 0 aromatic heterocycles. The van der Waals surface area contributed by atoms with Crippen LogP contribution in [0.2, 0.25) is 0 Å². The Labute approximate surface area is 208 Å². The lowest BCUT2D eigenvalue weighted by atomic mass is 9.38. The van der Waals surface area contributed by atoms with Crippen molar-refractivity contribution in [3.05, 3.63) is 16.6 Å². The van der Waals surface area contributed by atoms with Crippen LogP contribution in [0.5, 0.6) is 0 Å². The summed E-state index contributed by atoms with van der Waals surface area (Å²) in [5, 5.41) is 25.6. The number of aliphatic hydroxyl groups is 2. The fourth-order valence-electron chi connectivity index (χ4n) is 9.90. The van der Waals surface area contributed by atoms with E-state index in [1.54, 1.807) is 0 Å². The second-order valence-electron chi connectivity index (χ2n) is 14.7. The summed E-state index contributed by atoms with van der Waals surface area (Å²) in [6.45, 7) is 18.1. The summed E-state index contributed by atoms with van der Waals surface area (Å²) in [5.74, 6) is 2.04. The lowest BCUT2D eigenvalue weighted by Crippen LogP contribution is -2.64. The molecular weight excluding hydrogens is 422 g/mol. The van der Waals surface area contributed by atoms with E-state index in [2.05, 4.69) is 52.8 Å². The number of nitrogens with zero attached hydrogens (tertiary/aromatic N) is 1. The lowest BCUT2D eigenvalue weighted by molar-refractivity contribution is -0.201. The van der Waals surface area contributed by atoms with E-state index < -0.39 is 5.60 Å².